The molecular formula is C19H21N3O4. The maximum atomic E-state index is 12.2. The van der Waals surface area contributed by atoms with Gasteiger partial charge in [0.1, 0.15) is 5.60 Å². The van der Waals surface area contributed by atoms with Crippen molar-refractivity contribution >= 4 is 23.3 Å². The zero-order valence-corrected chi connectivity index (χ0v) is 14.5. The highest BCUT2D eigenvalue weighted by Gasteiger charge is 2.42. The molecule has 1 fully saturated rings. The lowest BCUT2D eigenvalue weighted by molar-refractivity contribution is -0.138. The van der Waals surface area contributed by atoms with E-state index >= 15 is 0 Å². The van der Waals surface area contributed by atoms with Crippen LogP contribution in [0.1, 0.15) is 44.1 Å². The van der Waals surface area contributed by atoms with Gasteiger partial charge in [0.15, 0.2) is 5.69 Å². The lowest BCUT2D eigenvalue weighted by atomic mass is 9.85. The molecule has 0 unspecified atom stereocenters. The minimum Gasteiger partial charge on any atom is -0.481 e. The van der Waals surface area contributed by atoms with Crippen LogP contribution in [0.15, 0.2) is 29.4 Å². The number of oxime groups is 1. The summed E-state index contributed by atoms with van der Waals surface area (Å²) in [5.41, 5.74) is 2.08. The van der Waals surface area contributed by atoms with Crippen molar-refractivity contribution in [1.82, 2.24) is 4.90 Å². The summed E-state index contributed by atoms with van der Waals surface area (Å²) in [6, 6.07) is 7.31. The largest absolute Gasteiger partial charge is 0.481 e. The second kappa shape index (κ2) is 7.56. The standard InChI is InChI=1S/C19H21N3O4/c1-20-15-7-5-14(6-8-15)16-13-19(26-21-16)9-11-22(12-10-19)17(23)3-2-4-18(24)25/h5-8H,2-4,9-13H2,(H,24,25). The van der Waals surface area contributed by atoms with Gasteiger partial charge in [-0.05, 0) is 12.0 Å². The molecule has 1 aromatic rings. The SMILES string of the molecule is [C-]#[N+]c1ccc(C2=NOC3(CCN(C(=O)CCCC(=O)O)CC3)C2)cc1. The van der Waals surface area contributed by atoms with Crippen LogP contribution in [0, 0.1) is 6.57 Å². The molecule has 2 aliphatic rings. The van der Waals surface area contributed by atoms with Gasteiger partial charge in [0.25, 0.3) is 0 Å². The molecule has 2 heterocycles. The molecule has 0 bridgehead atoms. The molecule has 0 aromatic heterocycles. The second-order valence-electron chi connectivity index (χ2n) is 6.78. The molecule has 26 heavy (non-hydrogen) atoms. The minimum atomic E-state index is -0.871. The Morgan fingerprint density at radius 3 is 2.54 bits per heavy atom. The van der Waals surface area contributed by atoms with Crippen molar-refractivity contribution in [2.45, 2.75) is 44.1 Å². The Morgan fingerprint density at radius 2 is 1.92 bits per heavy atom. The number of carbonyl (C=O) groups excluding carboxylic acids is 1. The number of nitrogens with zero attached hydrogens (tertiary/aromatic N) is 3. The summed E-state index contributed by atoms with van der Waals surface area (Å²) in [7, 11) is 0. The van der Waals surface area contributed by atoms with Crippen molar-refractivity contribution in [2.24, 2.45) is 5.16 Å². The van der Waals surface area contributed by atoms with Crippen LogP contribution in [-0.4, -0.2) is 46.3 Å². The molecule has 1 saturated heterocycles. The molecule has 1 spiro atoms. The Balaban J connectivity index is 1.51. The van der Waals surface area contributed by atoms with Crippen LogP contribution < -0.4 is 0 Å². The van der Waals surface area contributed by atoms with E-state index in [0.29, 0.717) is 44.5 Å². The predicted molar refractivity (Wildman–Crippen MR) is 95.0 cm³/mol. The first-order valence-electron chi connectivity index (χ1n) is 8.74. The van der Waals surface area contributed by atoms with Crippen LogP contribution in [0.2, 0.25) is 0 Å². The first kappa shape index (κ1) is 17.9. The highest BCUT2D eigenvalue weighted by molar-refractivity contribution is 6.01. The van der Waals surface area contributed by atoms with Crippen molar-refractivity contribution in [2.75, 3.05) is 13.1 Å². The number of hydrogen-bond donors (Lipinski definition) is 1. The molecule has 7 heteroatoms. The normalized spacial score (nSPS) is 18.1. The van der Waals surface area contributed by atoms with Crippen LogP contribution in [0.5, 0.6) is 0 Å². The summed E-state index contributed by atoms with van der Waals surface area (Å²) in [5.74, 6) is -0.862. The molecule has 1 N–H and O–H groups in total. The number of benzene rings is 1. The van der Waals surface area contributed by atoms with E-state index < -0.39 is 5.97 Å². The molecule has 1 aromatic carbocycles. The number of likely N-dealkylation sites (tertiary alicyclic amines) is 1. The molecular weight excluding hydrogens is 334 g/mol. The molecule has 0 atom stereocenters. The number of carboxylic acids is 1. The number of aliphatic carboxylic acids is 1. The van der Waals surface area contributed by atoms with E-state index in [0.717, 1.165) is 11.3 Å². The summed E-state index contributed by atoms with van der Waals surface area (Å²) in [5, 5.41) is 12.9. The second-order valence-corrected chi connectivity index (χ2v) is 6.78. The maximum absolute atomic E-state index is 12.2. The molecule has 0 radical (unpaired) electrons. The third-order valence-electron chi connectivity index (χ3n) is 4.98. The molecule has 136 valence electrons. The molecule has 0 aliphatic carbocycles. The van der Waals surface area contributed by atoms with Crippen molar-refractivity contribution < 1.29 is 19.5 Å². The van der Waals surface area contributed by atoms with Crippen molar-refractivity contribution in [1.29, 1.82) is 0 Å². The van der Waals surface area contributed by atoms with Gasteiger partial charge in [0, 0.05) is 45.2 Å². The average molecular weight is 355 g/mol. The fraction of sp³-hybridized carbons (Fsp3) is 0.474. The zero-order chi connectivity index (χ0) is 18.6. The van der Waals surface area contributed by atoms with Gasteiger partial charge >= 0.3 is 5.97 Å². The Kier molecular flexibility index (Phi) is 5.21. The van der Waals surface area contributed by atoms with Gasteiger partial charge in [0.2, 0.25) is 5.91 Å². The van der Waals surface area contributed by atoms with Crippen LogP contribution in [0.4, 0.5) is 5.69 Å². The number of carbonyl (C=O) groups is 2. The topological polar surface area (TPSA) is 83.6 Å². The molecule has 7 nitrogen and oxygen atoms in total. The Labute approximate surface area is 152 Å². The molecule has 3 rings (SSSR count). The fourth-order valence-corrected chi connectivity index (χ4v) is 3.39. The summed E-state index contributed by atoms with van der Waals surface area (Å²) in [4.78, 5) is 33.6. The lowest BCUT2D eigenvalue weighted by Crippen LogP contribution is -2.46. The lowest BCUT2D eigenvalue weighted by Gasteiger charge is -2.37. The molecule has 1 amide bonds. The summed E-state index contributed by atoms with van der Waals surface area (Å²) < 4.78 is 0. The smallest absolute Gasteiger partial charge is 0.303 e. The Hall–Kier alpha value is -2.88. The van der Waals surface area contributed by atoms with Gasteiger partial charge in [0.05, 0.1) is 12.3 Å². The fourth-order valence-electron chi connectivity index (χ4n) is 3.39. The van der Waals surface area contributed by atoms with Crippen molar-refractivity contribution in [3.63, 3.8) is 0 Å². The number of rotatable bonds is 5. The Morgan fingerprint density at radius 1 is 1.23 bits per heavy atom. The molecule has 0 saturated carbocycles. The van der Waals surface area contributed by atoms with Crippen LogP contribution in [-0.2, 0) is 14.4 Å². The van der Waals surface area contributed by atoms with E-state index in [4.69, 9.17) is 16.5 Å². The number of amides is 1. The minimum absolute atomic E-state index is 0.00923. The molecule has 2 aliphatic heterocycles. The monoisotopic (exact) mass is 355 g/mol. The third-order valence-corrected chi connectivity index (χ3v) is 4.98. The van der Waals surface area contributed by atoms with Crippen LogP contribution >= 0.6 is 0 Å². The third kappa shape index (κ3) is 4.02. The first-order valence-corrected chi connectivity index (χ1v) is 8.74. The van der Waals surface area contributed by atoms with Crippen LogP contribution in [0.25, 0.3) is 4.85 Å². The highest BCUT2D eigenvalue weighted by Crippen LogP contribution is 2.36. The number of carboxylic acid groups (broad SMARTS) is 1. The van der Waals surface area contributed by atoms with E-state index in [9.17, 15) is 9.59 Å². The Bertz CT molecular complexity index is 756. The number of hydrogen-bond acceptors (Lipinski definition) is 4. The summed E-state index contributed by atoms with van der Waals surface area (Å²) in [6.07, 6.45) is 2.80. The van der Waals surface area contributed by atoms with Gasteiger partial charge in [-0.2, -0.15) is 0 Å². The zero-order valence-electron chi connectivity index (χ0n) is 14.5. The first-order chi connectivity index (χ1) is 12.5. The van der Waals surface area contributed by atoms with E-state index in [1.807, 2.05) is 12.1 Å². The van der Waals surface area contributed by atoms with Gasteiger partial charge in [-0.3, -0.25) is 9.59 Å². The number of piperidine rings is 1. The van der Waals surface area contributed by atoms with Crippen molar-refractivity contribution in [3.8, 4) is 0 Å². The van der Waals surface area contributed by atoms with Crippen LogP contribution in [0.3, 0.4) is 0 Å². The average Bonchev–Trinajstić information content (AvgIpc) is 3.05. The van der Waals surface area contributed by atoms with Gasteiger partial charge < -0.3 is 14.8 Å². The van der Waals surface area contributed by atoms with Crippen molar-refractivity contribution in [3.05, 3.63) is 41.2 Å². The van der Waals surface area contributed by atoms with E-state index in [2.05, 4.69) is 10.0 Å². The van der Waals surface area contributed by atoms with E-state index in [1.165, 1.54) is 0 Å². The van der Waals surface area contributed by atoms with Gasteiger partial charge in [-0.15, -0.1) is 0 Å². The quantitative estimate of drug-likeness (QED) is 0.823. The predicted octanol–water partition coefficient (Wildman–Crippen LogP) is 2.98. The summed E-state index contributed by atoms with van der Waals surface area (Å²) >= 11 is 0. The van der Waals surface area contributed by atoms with Gasteiger partial charge in [-0.1, -0.05) is 29.4 Å². The van der Waals surface area contributed by atoms with E-state index in [1.54, 1.807) is 17.0 Å². The summed E-state index contributed by atoms with van der Waals surface area (Å²) in [6.45, 7) is 8.21. The van der Waals surface area contributed by atoms with Gasteiger partial charge in [-0.25, -0.2) is 4.85 Å². The maximum Gasteiger partial charge on any atom is 0.303 e. The highest BCUT2D eigenvalue weighted by atomic mass is 16.7. The van der Waals surface area contributed by atoms with E-state index in [-0.39, 0.29) is 24.3 Å².